The summed E-state index contributed by atoms with van der Waals surface area (Å²) in [4.78, 5) is 14.9. The smallest absolute Gasteiger partial charge is 0.263 e. The van der Waals surface area contributed by atoms with Gasteiger partial charge in [0.05, 0.1) is 16.9 Å². The predicted molar refractivity (Wildman–Crippen MR) is 78.2 cm³/mol. The average Bonchev–Trinajstić information content (AvgIpc) is 2.87. The molecule has 0 saturated heterocycles. The van der Waals surface area contributed by atoms with Gasteiger partial charge >= 0.3 is 0 Å². The lowest BCUT2D eigenvalue weighted by molar-refractivity contribution is 0.0757. The Morgan fingerprint density at radius 3 is 2.84 bits per heavy atom. The van der Waals surface area contributed by atoms with Crippen molar-refractivity contribution in [3.63, 3.8) is 0 Å². The molecule has 98 valence electrons. The molecule has 1 aromatic heterocycles. The van der Waals surface area contributed by atoms with E-state index in [4.69, 9.17) is 5.26 Å². The molecule has 1 heterocycles. The molecule has 0 saturated carbocycles. The lowest BCUT2D eigenvalue weighted by Gasteiger charge is -2.21. The molecule has 0 bridgehead atoms. The Kier molecular flexibility index (Phi) is 4.18. The summed E-state index contributed by atoms with van der Waals surface area (Å²) in [5, 5.41) is 9.96. The number of carbonyl (C=O) groups excluding carboxylic acids is 1. The van der Waals surface area contributed by atoms with Crippen LogP contribution in [0.2, 0.25) is 0 Å². The number of nitrogens with zero attached hydrogens (tertiary/aromatic N) is 2. The van der Waals surface area contributed by atoms with Crippen molar-refractivity contribution in [2.24, 2.45) is 5.92 Å². The van der Waals surface area contributed by atoms with Gasteiger partial charge in [0, 0.05) is 17.8 Å². The van der Waals surface area contributed by atoms with Gasteiger partial charge in [-0.15, -0.1) is 11.3 Å². The molecule has 4 heteroatoms. The maximum Gasteiger partial charge on any atom is 0.263 e. The number of rotatable bonds is 4. The minimum absolute atomic E-state index is 0.0193. The summed E-state index contributed by atoms with van der Waals surface area (Å²) in [5.41, 5.74) is 0. The molecule has 0 radical (unpaired) electrons. The van der Waals surface area contributed by atoms with Crippen molar-refractivity contribution >= 4 is 27.3 Å². The maximum atomic E-state index is 12.4. The molecule has 1 aromatic carbocycles. The summed E-state index contributed by atoms with van der Waals surface area (Å²) in [6.45, 7) is 4.88. The second kappa shape index (κ2) is 5.85. The number of benzene rings is 1. The normalized spacial score (nSPS) is 12.1. The van der Waals surface area contributed by atoms with Crippen LogP contribution in [-0.2, 0) is 0 Å². The van der Waals surface area contributed by atoms with E-state index in [2.05, 4.69) is 6.07 Å². The number of hydrogen-bond acceptors (Lipinski definition) is 3. The average molecular weight is 272 g/mol. The Bertz CT molecular complexity index is 593. The molecule has 2 rings (SSSR count). The minimum Gasteiger partial charge on any atom is -0.337 e. The molecule has 1 amide bonds. The number of fused-ring (bicyclic) bond motifs is 1. The van der Waals surface area contributed by atoms with E-state index in [1.165, 1.54) is 11.3 Å². The highest BCUT2D eigenvalue weighted by Crippen LogP contribution is 2.26. The van der Waals surface area contributed by atoms with Crippen LogP contribution in [0.15, 0.2) is 30.3 Å². The van der Waals surface area contributed by atoms with Crippen LogP contribution in [0.5, 0.6) is 0 Å². The highest BCUT2D eigenvalue weighted by atomic mass is 32.1. The molecule has 0 aliphatic rings. The van der Waals surface area contributed by atoms with Gasteiger partial charge < -0.3 is 4.90 Å². The van der Waals surface area contributed by atoms with E-state index in [-0.39, 0.29) is 11.8 Å². The number of thiophene rings is 1. The summed E-state index contributed by atoms with van der Waals surface area (Å²) in [7, 11) is 0. The van der Waals surface area contributed by atoms with Crippen LogP contribution in [0.25, 0.3) is 10.1 Å². The Hall–Kier alpha value is -1.86. The predicted octanol–water partition coefficient (Wildman–Crippen LogP) is 3.52. The number of nitriles is 1. The van der Waals surface area contributed by atoms with Crippen molar-refractivity contribution < 1.29 is 4.79 Å². The second-order valence-electron chi connectivity index (χ2n) is 4.52. The zero-order valence-corrected chi connectivity index (χ0v) is 11.9. The van der Waals surface area contributed by atoms with Crippen molar-refractivity contribution in [2.75, 3.05) is 13.1 Å². The lowest BCUT2D eigenvalue weighted by Crippen LogP contribution is -2.33. The van der Waals surface area contributed by atoms with Crippen LogP contribution >= 0.6 is 11.3 Å². The quantitative estimate of drug-likeness (QED) is 0.854. The van der Waals surface area contributed by atoms with E-state index in [1.54, 1.807) is 4.90 Å². The summed E-state index contributed by atoms with van der Waals surface area (Å²) in [5.74, 6) is -0.121. The van der Waals surface area contributed by atoms with E-state index < -0.39 is 0 Å². The highest BCUT2D eigenvalue weighted by Gasteiger charge is 2.18. The molecule has 3 nitrogen and oxygen atoms in total. The maximum absolute atomic E-state index is 12.4. The van der Waals surface area contributed by atoms with Crippen molar-refractivity contribution in [3.05, 3.63) is 35.2 Å². The molecule has 0 aliphatic carbocycles. The van der Waals surface area contributed by atoms with Crippen LogP contribution in [0.3, 0.4) is 0 Å². The van der Waals surface area contributed by atoms with Crippen molar-refractivity contribution in [2.45, 2.75) is 13.8 Å². The van der Waals surface area contributed by atoms with Crippen LogP contribution in [-0.4, -0.2) is 23.9 Å². The second-order valence-corrected chi connectivity index (χ2v) is 5.61. The topological polar surface area (TPSA) is 44.1 Å². The molecular formula is C15H16N2OS. The SMILES string of the molecule is CCN(C[C@H](C)C#N)C(=O)c1cc2ccccc2s1. The Morgan fingerprint density at radius 2 is 2.21 bits per heavy atom. The fourth-order valence-corrected chi connectivity index (χ4v) is 3.00. The zero-order valence-electron chi connectivity index (χ0n) is 11.1. The Balaban J connectivity index is 2.24. The van der Waals surface area contributed by atoms with E-state index in [0.717, 1.165) is 15.0 Å². The van der Waals surface area contributed by atoms with Gasteiger partial charge in [0.15, 0.2) is 0 Å². The zero-order chi connectivity index (χ0) is 13.8. The first-order chi connectivity index (χ1) is 9.15. The molecule has 0 unspecified atom stereocenters. The van der Waals surface area contributed by atoms with Crippen LogP contribution in [0.1, 0.15) is 23.5 Å². The molecular weight excluding hydrogens is 256 g/mol. The third kappa shape index (κ3) is 2.94. The van der Waals surface area contributed by atoms with Crippen LogP contribution in [0.4, 0.5) is 0 Å². The van der Waals surface area contributed by atoms with Crippen LogP contribution < -0.4 is 0 Å². The largest absolute Gasteiger partial charge is 0.337 e. The molecule has 0 aliphatic heterocycles. The van der Waals surface area contributed by atoms with Crippen molar-refractivity contribution in [3.8, 4) is 6.07 Å². The number of carbonyl (C=O) groups is 1. The third-order valence-corrected chi connectivity index (χ3v) is 4.12. The van der Waals surface area contributed by atoms with Gasteiger partial charge in [0.1, 0.15) is 0 Å². The summed E-state index contributed by atoms with van der Waals surface area (Å²) in [6, 6.07) is 12.1. The Labute approximate surface area is 117 Å². The van der Waals surface area contributed by atoms with Gasteiger partial charge in [-0.3, -0.25) is 4.79 Å². The fraction of sp³-hybridized carbons (Fsp3) is 0.333. The van der Waals surface area contributed by atoms with Crippen molar-refractivity contribution in [1.82, 2.24) is 4.90 Å². The van der Waals surface area contributed by atoms with Gasteiger partial charge in [-0.1, -0.05) is 18.2 Å². The molecule has 1 atom stereocenters. The van der Waals surface area contributed by atoms with Crippen molar-refractivity contribution in [1.29, 1.82) is 5.26 Å². The minimum atomic E-state index is -0.140. The van der Waals surface area contributed by atoms with E-state index >= 15 is 0 Å². The lowest BCUT2D eigenvalue weighted by atomic mass is 10.2. The van der Waals surface area contributed by atoms with Gasteiger partial charge in [0.2, 0.25) is 0 Å². The van der Waals surface area contributed by atoms with Gasteiger partial charge in [-0.25, -0.2) is 0 Å². The van der Waals surface area contributed by atoms with E-state index in [0.29, 0.717) is 13.1 Å². The molecule has 19 heavy (non-hydrogen) atoms. The Morgan fingerprint density at radius 1 is 1.47 bits per heavy atom. The summed E-state index contributed by atoms with van der Waals surface area (Å²) >= 11 is 1.51. The molecule has 0 spiro atoms. The van der Waals surface area contributed by atoms with Gasteiger partial charge in [-0.05, 0) is 31.4 Å². The number of amides is 1. The van der Waals surface area contributed by atoms with Gasteiger partial charge in [0.25, 0.3) is 5.91 Å². The monoisotopic (exact) mass is 272 g/mol. The van der Waals surface area contributed by atoms with E-state index in [9.17, 15) is 4.79 Å². The summed E-state index contributed by atoms with van der Waals surface area (Å²) in [6.07, 6.45) is 0. The molecule has 0 N–H and O–H groups in total. The first kappa shape index (κ1) is 13.6. The van der Waals surface area contributed by atoms with Crippen LogP contribution in [0, 0.1) is 17.2 Å². The molecule has 2 aromatic rings. The third-order valence-electron chi connectivity index (χ3n) is 3.02. The van der Waals surface area contributed by atoms with Gasteiger partial charge in [-0.2, -0.15) is 5.26 Å². The first-order valence-electron chi connectivity index (χ1n) is 6.33. The fourth-order valence-electron chi connectivity index (χ4n) is 1.97. The summed E-state index contributed by atoms with van der Waals surface area (Å²) < 4.78 is 1.12. The number of hydrogen-bond donors (Lipinski definition) is 0. The standard InChI is InChI=1S/C15H16N2OS/c1-3-17(10-11(2)9-16)15(18)14-8-12-6-4-5-7-13(12)19-14/h4-8,11H,3,10H2,1-2H3/t11-/m1/s1. The van der Waals surface area contributed by atoms with E-state index in [1.807, 2.05) is 44.2 Å². The molecule has 0 fully saturated rings. The first-order valence-corrected chi connectivity index (χ1v) is 7.14. The highest BCUT2D eigenvalue weighted by molar-refractivity contribution is 7.20.